The molecule has 3 rings (SSSR count). The molecule has 2 amide bonds. The van der Waals surface area contributed by atoms with E-state index in [2.05, 4.69) is 5.32 Å². The Balaban J connectivity index is 1.64. The monoisotopic (exact) mass is 316 g/mol. The van der Waals surface area contributed by atoms with Crippen molar-refractivity contribution in [1.82, 2.24) is 10.2 Å². The quantitative estimate of drug-likeness (QED) is 0.881. The van der Waals surface area contributed by atoms with Crippen molar-refractivity contribution in [2.24, 2.45) is 5.92 Å². The van der Waals surface area contributed by atoms with E-state index < -0.39 is 11.9 Å². The predicted octanol–water partition coefficient (Wildman–Crippen LogP) is 1.52. The molecule has 1 saturated carbocycles. The fraction of sp³-hybridized carbons (Fsp3) is 0.471. The maximum Gasteiger partial charge on any atom is 0.308 e. The van der Waals surface area contributed by atoms with Crippen molar-refractivity contribution in [1.29, 1.82) is 0 Å². The van der Waals surface area contributed by atoms with Crippen molar-refractivity contribution < 1.29 is 19.5 Å². The second kappa shape index (κ2) is 6.40. The van der Waals surface area contributed by atoms with Crippen LogP contribution in [0.2, 0.25) is 0 Å². The Morgan fingerprint density at radius 2 is 1.70 bits per heavy atom. The van der Waals surface area contributed by atoms with Crippen LogP contribution in [0.15, 0.2) is 24.3 Å². The van der Waals surface area contributed by atoms with Crippen LogP contribution in [-0.4, -0.2) is 46.9 Å². The summed E-state index contributed by atoms with van der Waals surface area (Å²) in [4.78, 5) is 37.1. The molecule has 1 aliphatic carbocycles. The molecule has 122 valence electrons. The van der Waals surface area contributed by atoms with E-state index in [0.717, 1.165) is 12.8 Å². The highest BCUT2D eigenvalue weighted by molar-refractivity contribution is 5.98. The summed E-state index contributed by atoms with van der Waals surface area (Å²) in [5, 5.41) is 12.0. The first-order valence-corrected chi connectivity index (χ1v) is 7.97. The highest BCUT2D eigenvalue weighted by Gasteiger charge is 2.29. The molecule has 2 N–H and O–H groups in total. The molecule has 1 saturated heterocycles. The predicted molar refractivity (Wildman–Crippen MR) is 83.2 cm³/mol. The van der Waals surface area contributed by atoms with Gasteiger partial charge >= 0.3 is 5.97 Å². The van der Waals surface area contributed by atoms with Crippen LogP contribution in [0.5, 0.6) is 0 Å². The van der Waals surface area contributed by atoms with E-state index in [1.807, 2.05) is 0 Å². The largest absolute Gasteiger partial charge is 0.481 e. The number of carboxylic acids is 1. The van der Waals surface area contributed by atoms with Gasteiger partial charge < -0.3 is 15.3 Å². The molecule has 2 fully saturated rings. The van der Waals surface area contributed by atoms with E-state index in [1.165, 1.54) is 0 Å². The van der Waals surface area contributed by atoms with Gasteiger partial charge in [-0.25, -0.2) is 0 Å². The topological polar surface area (TPSA) is 86.7 Å². The Hall–Kier alpha value is -2.37. The number of hydrogen-bond donors (Lipinski definition) is 2. The summed E-state index contributed by atoms with van der Waals surface area (Å²) in [5.41, 5.74) is 1.02. The first kappa shape index (κ1) is 15.5. The van der Waals surface area contributed by atoms with Crippen LogP contribution in [0, 0.1) is 5.92 Å². The number of carboxylic acid groups (broad SMARTS) is 1. The number of carbonyl (C=O) groups excluding carboxylic acids is 2. The number of nitrogens with zero attached hydrogens (tertiary/aromatic N) is 1. The second-order valence-electron chi connectivity index (χ2n) is 6.25. The summed E-state index contributed by atoms with van der Waals surface area (Å²) in [7, 11) is 0. The molecule has 1 aromatic carbocycles. The molecule has 1 aromatic rings. The van der Waals surface area contributed by atoms with Gasteiger partial charge in [-0.3, -0.25) is 14.4 Å². The number of piperidine rings is 1. The van der Waals surface area contributed by atoms with Gasteiger partial charge in [0.2, 0.25) is 0 Å². The van der Waals surface area contributed by atoms with E-state index in [9.17, 15) is 14.4 Å². The molecular formula is C17H20N2O4. The Bertz CT molecular complexity index is 622. The number of likely N-dealkylation sites (tertiary alicyclic amines) is 1. The molecule has 0 aromatic heterocycles. The Morgan fingerprint density at radius 1 is 1.04 bits per heavy atom. The van der Waals surface area contributed by atoms with Crippen molar-refractivity contribution in [3.05, 3.63) is 35.4 Å². The van der Waals surface area contributed by atoms with E-state index in [-0.39, 0.29) is 18.4 Å². The summed E-state index contributed by atoms with van der Waals surface area (Å²) < 4.78 is 0. The molecular weight excluding hydrogens is 296 g/mol. The number of carbonyl (C=O) groups is 3. The SMILES string of the molecule is O=C(NC1CC1)c1ccc(C(=O)N2CCC[C@H](C(=O)O)C2)cc1. The van der Waals surface area contributed by atoms with Crippen molar-refractivity contribution in [2.75, 3.05) is 13.1 Å². The fourth-order valence-electron chi connectivity index (χ4n) is 2.81. The van der Waals surface area contributed by atoms with Crippen LogP contribution in [-0.2, 0) is 4.79 Å². The van der Waals surface area contributed by atoms with Crippen LogP contribution in [0.1, 0.15) is 46.4 Å². The van der Waals surface area contributed by atoms with Gasteiger partial charge in [0.1, 0.15) is 0 Å². The van der Waals surface area contributed by atoms with Gasteiger partial charge in [-0.2, -0.15) is 0 Å². The lowest BCUT2D eigenvalue weighted by Gasteiger charge is -2.30. The number of aliphatic carboxylic acids is 1. The van der Waals surface area contributed by atoms with Crippen molar-refractivity contribution >= 4 is 17.8 Å². The number of amides is 2. The molecule has 0 unspecified atom stereocenters. The summed E-state index contributed by atoms with van der Waals surface area (Å²) in [6.07, 6.45) is 3.37. The molecule has 2 aliphatic rings. The van der Waals surface area contributed by atoms with Gasteiger partial charge in [-0.1, -0.05) is 0 Å². The fourth-order valence-corrected chi connectivity index (χ4v) is 2.81. The normalized spacial score (nSPS) is 20.9. The molecule has 1 atom stereocenters. The van der Waals surface area contributed by atoms with E-state index in [1.54, 1.807) is 29.2 Å². The lowest BCUT2D eigenvalue weighted by Crippen LogP contribution is -2.42. The van der Waals surface area contributed by atoms with Gasteiger partial charge in [0.25, 0.3) is 11.8 Å². The van der Waals surface area contributed by atoms with Crippen molar-refractivity contribution in [2.45, 2.75) is 31.7 Å². The van der Waals surface area contributed by atoms with Crippen LogP contribution in [0.3, 0.4) is 0 Å². The highest BCUT2D eigenvalue weighted by Crippen LogP contribution is 2.21. The van der Waals surface area contributed by atoms with Gasteiger partial charge in [0, 0.05) is 30.3 Å². The first-order chi connectivity index (χ1) is 11.0. The molecule has 23 heavy (non-hydrogen) atoms. The number of nitrogens with one attached hydrogen (secondary N) is 1. The average Bonchev–Trinajstić information content (AvgIpc) is 3.38. The third kappa shape index (κ3) is 3.70. The zero-order chi connectivity index (χ0) is 16.4. The third-order valence-corrected chi connectivity index (χ3v) is 4.36. The van der Waals surface area contributed by atoms with Gasteiger partial charge in [-0.15, -0.1) is 0 Å². The third-order valence-electron chi connectivity index (χ3n) is 4.36. The molecule has 1 heterocycles. The summed E-state index contributed by atoms with van der Waals surface area (Å²) >= 11 is 0. The molecule has 0 bridgehead atoms. The van der Waals surface area contributed by atoms with Crippen LogP contribution >= 0.6 is 0 Å². The van der Waals surface area contributed by atoms with Crippen LogP contribution in [0.25, 0.3) is 0 Å². The molecule has 6 heteroatoms. The van der Waals surface area contributed by atoms with Gasteiger partial charge in [-0.05, 0) is 49.9 Å². The second-order valence-corrected chi connectivity index (χ2v) is 6.25. The van der Waals surface area contributed by atoms with Gasteiger partial charge in [0.05, 0.1) is 5.92 Å². The molecule has 6 nitrogen and oxygen atoms in total. The van der Waals surface area contributed by atoms with E-state index in [0.29, 0.717) is 36.6 Å². The Labute approximate surface area is 134 Å². The standard InChI is InChI=1S/C17H20N2O4/c20-15(18-14-7-8-14)11-3-5-12(6-4-11)16(21)19-9-1-2-13(10-19)17(22)23/h3-6,13-14H,1-2,7-10H2,(H,18,20)(H,22,23)/t13-/m0/s1. The van der Waals surface area contributed by atoms with Crippen LogP contribution < -0.4 is 5.32 Å². The van der Waals surface area contributed by atoms with Crippen molar-refractivity contribution in [3.63, 3.8) is 0 Å². The summed E-state index contributed by atoms with van der Waals surface area (Å²) in [5.74, 6) is -1.63. The minimum atomic E-state index is -0.852. The lowest BCUT2D eigenvalue weighted by molar-refractivity contribution is -0.143. The van der Waals surface area contributed by atoms with Crippen molar-refractivity contribution in [3.8, 4) is 0 Å². The van der Waals surface area contributed by atoms with E-state index >= 15 is 0 Å². The summed E-state index contributed by atoms with van der Waals surface area (Å²) in [6, 6.07) is 6.85. The molecule has 1 aliphatic heterocycles. The Morgan fingerprint density at radius 3 is 2.30 bits per heavy atom. The number of rotatable bonds is 4. The van der Waals surface area contributed by atoms with E-state index in [4.69, 9.17) is 5.11 Å². The zero-order valence-electron chi connectivity index (χ0n) is 12.8. The minimum absolute atomic E-state index is 0.115. The Kier molecular flexibility index (Phi) is 4.32. The summed E-state index contributed by atoms with van der Waals surface area (Å²) in [6.45, 7) is 0.824. The molecule has 0 spiro atoms. The highest BCUT2D eigenvalue weighted by atomic mass is 16.4. The molecule has 0 radical (unpaired) electrons. The lowest BCUT2D eigenvalue weighted by atomic mass is 9.97. The van der Waals surface area contributed by atoms with Gasteiger partial charge in [0.15, 0.2) is 0 Å². The minimum Gasteiger partial charge on any atom is -0.481 e. The maximum absolute atomic E-state index is 12.5. The zero-order valence-corrected chi connectivity index (χ0v) is 12.8. The first-order valence-electron chi connectivity index (χ1n) is 7.97. The average molecular weight is 316 g/mol. The number of benzene rings is 1. The van der Waals surface area contributed by atoms with Crippen LogP contribution in [0.4, 0.5) is 0 Å². The number of hydrogen-bond acceptors (Lipinski definition) is 3. The smallest absolute Gasteiger partial charge is 0.308 e. The maximum atomic E-state index is 12.5.